The van der Waals surface area contributed by atoms with Gasteiger partial charge in [-0.05, 0) is 80.5 Å². The lowest BCUT2D eigenvalue weighted by molar-refractivity contribution is -0.351. The summed E-state index contributed by atoms with van der Waals surface area (Å²) in [6, 6.07) is 0. The molecule has 4 aliphatic heterocycles. The second kappa shape index (κ2) is 17.1. The summed E-state index contributed by atoms with van der Waals surface area (Å²) in [5.41, 5.74) is 1.80. The van der Waals surface area contributed by atoms with Crippen LogP contribution < -0.4 is 0 Å². The van der Waals surface area contributed by atoms with Crippen molar-refractivity contribution in [1.82, 2.24) is 0 Å². The number of aliphatic hydroxyl groups is 5. The van der Waals surface area contributed by atoms with Crippen LogP contribution in [-0.2, 0) is 47.5 Å². The number of hydrogen-bond acceptors (Lipinski definition) is 15. The van der Waals surface area contributed by atoms with Gasteiger partial charge in [0.15, 0.2) is 24.3 Å². The van der Waals surface area contributed by atoms with E-state index < -0.39 is 103 Å². The zero-order valence-electron chi connectivity index (χ0n) is 36.9. The third-order valence-corrected chi connectivity index (χ3v) is 16.9. The van der Waals surface area contributed by atoms with Gasteiger partial charge in [-0.2, -0.15) is 0 Å². The highest BCUT2D eigenvalue weighted by atomic mass is 16.8. The number of ether oxygens (including phenoxy) is 8. The van der Waals surface area contributed by atoms with Crippen molar-refractivity contribution in [2.75, 3.05) is 13.2 Å². The van der Waals surface area contributed by atoms with E-state index in [0.717, 1.165) is 49.7 Å². The van der Waals surface area contributed by atoms with Gasteiger partial charge in [0.05, 0.1) is 37.6 Å². The highest BCUT2D eigenvalue weighted by Crippen LogP contribution is 2.71. The van der Waals surface area contributed by atoms with Crippen molar-refractivity contribution in [3.63, 3.8) is 0 Å². The summed E-state index contributed by atoms with van der Waals surface area (Å²) in [5, 5.41) is 54.4. The van der Waals surface area contributed by atoms with Crippen molar-refractivity contribution in [3.8, 4) is 0 Å². The molecule has 0 radical (unpaired) electrons. The van der Waals surface area contributed by atoms with Gasteiger partial charge in [0.1, 0.15) is 30.5 Å². The lowest BCUT2D eigenvalue weighted by atomic mass is 9.46. The van der Waals surface area contributed by atoms with E-state index in [1.807, 2.05) is 6.92 Å². The van der Waals surface area contributed by atoms with E-state index in [-0.39, 0.29) is 30.0 Å². The first-order chi connectivity index (χ1) is 28.8. The molecule has 0 aromatic rings. The summed E-state index contributed by atoms with van der Waals surface area (Å²) < 4.78 is 50.4. The quantitative estimate of drug-likeness (QED) is 0.166. The van der Waals surface area contributed by atoms with Crippen LogP contribution in [0.5, 0.6) is 0 Å². The Balaban J connectivity index is 1.08. The molecule has 22 atom stereocenters. The molecule has 5 N–H and O–H groups in total. The van der Waals surface area contributed by atoms with E-state index in [2.05, 4.69) is 33.4 Å². The van der Waals surface area contributed by atoms with Gasteiger partial charge in [-0.1, -0.05) is 64.8 Å². The first-order valence-corrected chi connectivity index (χ1v) is 22.9. The van der Waals surface area contributed by atoms with Crippen molar-refractivity contribution in [2.24, 2.45) is 46.3 Å². The fourth-order valence-electron chi connectivity index (χ4n) is 13.3. The van der Waals surface area contributed by atoms with Gasteiger partial charge in [0.2, 0.25) is 6.29 Å². The van der Waals surface area contributed by atoms with Crippen molar-refractivity contribution in [2.45, 2.75) is 192 Å². The summed E-state index contributed by atoms with van der Waals surface area (Å²) in [7, 11) is 0. The Morgan fingerprint density at radius 2 is 1.74 bits per heavy atom. The maximum Gasteiger partial charge on any atom is 0.337 e. The van der Waals surface area contributed by atoms with Crippen LogP contribution in [0.2, 0.25) is 0 Å². The van der Waals surface area contributed by atoms with Crippen molar-refractivity contribution in [1.29, 1.82) is 0 Å². The summed E-state index contributed by atoms with van der Waals surface area (Å²) in [6.45, 7) is 17.7. The maximum atomic E-state index is 13.2. The number of carbonyl (C=O) groups excluding carboxylic acids is 2. The van der Waals surface area contributed by atoms with E-state index in [4.69, 9.17) is 37.9 Å². The molecule has 344 valence electrons. The Morgan fingerprint density at radius 1 is 0.984 bits per heavy atom. The normalized spacial score (nSPS) is 50.4. The minimum absolute atomic E-state index is 0.0528. The Labute approximate surface area is 359 Å². The molecule has 61 heavy (non-hydrogen) atoms. The number of carbonyl (C=O) groups is 2. The predicted octanol–water partition coefficient (Wildman–Crippen LogP) is 3.45. The Hall–Kier alpha value is -2.02. The summed E-state index contributed by atoms with van der Waals surface area (Å²) in [5.74, 6) is -1.16. The molecule has 4 aliphatic carbocycles. The second-order valence-corrected chi connectivity index (χ2v) is 20.3. The molecule has 0 aromatic heterocycles. The highest BCUT2D eigenvalue weighted by Gasteiger charge is 2.69. The average molecular weight is 863 g/mol. The molecule has 8 rings (SSSR count). The SMILES string of the molecule is C=C1CC[C@@]2(OC1)OC1CC3C4CC=C5C[C@@H](O)C[C@@H](O[C@@H]6CO[C@H](OC(=O)[C@@H](O)[C@@H](C)CC)[C@H](OC(C)=O)C6O[C@@H]6O[C@@H](C)[C@H](O)[C@@H](O)[C@H]6O)[C@]5(C)C4CC[C@]3(C)C1C2C. The third-order valence-electron chi connectivity index (χ3n) is 16.9. The number of fused-ring (bicyclic) bond motifs is 7. The lowest BCUT2D eigenvalue weighted by Gasteiger charge is -2.60. The van der Waals surface area contributed by atoms with Gasteiger partial charge >= 0.3 is 11.9 Å². The van der Waals surface area contributed by atoms with E-state index in [9.17, 15) is 35.1 Å². The number of hydrogen-bond donors (Lipinski definition) is 5. The average Bonchev–Trinajstić information content (AvgIpc) is 3.67. The van der Waals surface area contributed by atoms with Crippen molar-refractivity contribution >= 4 is 11.9 Å². The molecule has 0 aromatic carbocycles. The summed E-state index contributed by atoms with van der Waals surface area (Å²) in [6.07, 6.45) is -5.98. The monoisotopic (exact) mass is 862 g/mol. The zero-order valence-corrected chi connectivity index (χ0v) is 36.9. The van der Waals surface area contributed by atoms with Gasteiger partial charge in [-0.25, -0.2) is 4.79 Å². The maximum absolute atomic E-state index is 13.2. The third kappa shape index (κ3) is 7.76. The lowest BCUT2D eigenvalue weighted by Crippen LogP contribution is -2.64. The van der Waals surface area contributed by atoms with E-state index >= 15 is 0 Å². The van der Waals surface area contributed by atoms with Crippen LogP contribution in [-0.4, -0.2) is 136 Å². The van der Waals surface area contributed by atoms with Crippen LogP contribution in [0.1, 0.15) is 106 Å². The number of allylic oxidation sites excluding steroid dienone is 1. The largest absolute Gasteiger partial charge is 0.453 e. The van der Waals surface area contributed by atoms with Gasteiger partial charge < -0.3 is 63.4 Å². The van der Waals surface area contributed by atoms with Crippen LogP contribution in [0.25, 0.3) is 0 Å². The minimum atomic E-state index is -1.71. The van der Waals surface area contributed by atoms with Crippen molar-refractivity contribution in [3.05, 3.63) is 23.8 Å². The minimum Gasteiger partial charge on any atom is -0.453 e. The first-order valence-electron chi connectivity index (χ1n) is 22.9. The van der Waals surface area contributed by atoms with Crippen LogP contribution >= 0.6 is 0 Å². The van der Waals surface area contributed by atoms with Gasteiger partial charge in [0, 0.05) is 31.1 Å². The summed E-state index contributed by atoms with van der Waals surface area (Å²) in [4.78, 5) is 26.0. The van der Waals surface area contributed by atoms with E-state index in [0.29, 0.717) is 43.6 Å². The van der Waals surface area contributed by atoms with Crippen LogP contribution in [0.15, 0.2) is 23.8 Å². The number of rotatable bonds is 9. The topological polar surface area (TPSA) is 209 Å². The predicted molar refractivity (Wildman–Crippen MR) is 216 cm³/mol. The molecule has 0 amide bonds. The van der Waals surface area contributed by atoms with Crippen molar-refractivity contribution < 1.29 is 73.0 Å². The fourth-order valence-corrected chi connectivity index (χ4v) is 13.3. The highest BCUT2D eigenvalue weighted by molar-refractivity contribution is 5.75. The molecule has 15 nitrogen and oxygen atoms in total. The van der Waals surface area contributed by atoms with Gasteiger partial charge in [-0.15, -0.1) is 0 Å². The van der Waals surface area contributed by atoms with Gasteiger partial charge in [0.25, 0.3) is 0 Å². The van der Waals surface area contributed by atoms with E-state index in [1.165, 1.54) is 13.8 Å². The van der Waals surface area contributed by atoms with Crippen LogP contribution in [0, 0.1) is 46.3 Å². The second-order valence-electron chi connectivity index (χ2n) is 20.3. The molecular weight excluding hydrogens is 792 g/mol. The molecule has 15 heteroatoms. The molecule has 8 aliphatic rings. The Morgan fingerprint density at radius 3 is 2.43 bits per heavy atom. The van der Waals surface area contributed by atoms with Crippen LogP contribution in [0.4, 0.5) is 0 Å². The summed E-state index contributed by atoms with van der Waals surface area (Å²) >= 11 is 0. The smallest absolute Gasteiger partial charge is 0.337 e. The molecule has 4 saturated heterocycles. The molecule has 4 heterocycles. The Kier molecular flexibility index (Phi) is 12.8. The van der Waals surface area contributed by atoms with Crippen LogP contribution in [0.3, 0.4) is 0 Å². The molecular formula is C46H70O15. The van der Waals surface area contributed by atoms with Gasteiger partial charge in [-0.3, -0.25) is 4.79 Å². The number of esters is 2. The fraction of sp³-hybridized carbons (Fsp3) is 0.870. The molecule has 7 unspecified atom stereocenters. The molecule has 0 bridgehead atoms. The zero-order chi connectivity index (χ0) is 43.9. The molecule has 7 fully saturated rings. The number of aliphatic hydroxyl groups excluding tert-OH is 5. The van der Waals surface area contributed by atoms with E-state index in [1.54, 1.807) is 6.92 Å². The molecule has 3 saturated carbocycles. The first kappa shape index (κ1) is 45.5. The molecule has 1 spiro atoms. The standard InChI is InChI=1S/C46H70O15/c1-9-22(3)35(49)41(53)60-43-40(57-25(6)47)39(59-42-38(52)37(51)36(50)24(5)56-42)32(20-54-43)58-33-17-27(48)16-26-10-11-28-29(45(26,33)8)13-14-44(7)30(28)18-31-34(44)23(4)46(61-31)15-12-21(2)19-55-46/h10,22-24,27-40,42-43,48-52H,2,9,11-20H2,1,3-8H3/t22-,23?,24-,27+,28?,29?,30?,31?,32+,33+,34?,35-,36-,37+,38+,39?,40+,42-,43+,44-,45-,46+/m0/s1. The Bertz CT molecular complexity index is 1680.